The van der Waals surface area contributed by atoms with Gasteiger partial charge in [-0.05, 0) is 65.4 Å². The number of hydrogen-bond donors (Lipinski definition) is 0. The number of nitrogens with zero attached hydrogens (tertiary/aromatic N) is 2. The molecule has 178 valence electrons. The summed E-state index contributed by atoms with van der Waals surface area (Å²) in [5, 5.41) is 0. The summed E-state index contributed by atoms with van der Waals surface area (Å²) in [6, 6.07) is 21.9. The van der Waals surface area contributed by atoms with Crippen LogP contribution in [0.15, 0.2) is 82.1 Å². The maximum absolute atomic E-state index is 13.9. The lowest BCUT2D eigenvalue weighted by atomic mass is 9.83. The summed E-state index contributed by atoms with van der Waals surface area (Å²) in [6.07, 6.45) is 3.68. The lowest BCUT2D eigenvalue weighted by Gasteiger charge is -2.31. The van der Waals surface area contributed by atoms with Crippen LogP contribution >= 0.6 is 11.3 Å². The molecule has 0 fully saturated rings. The minimum absolute atomic E-state index is 0.0466. The van der Waals surface area contributed by atoms with Gasteiger partial charge >= 0.3 is 0 Å². The second-order valence-electron chi connectivity index (χ2n) is 9.00. The van der Waals surface area contributed by atoms with Crippen molar-refractivity contribution in [1.82, 2.24) is 4.57 Å². The van der Waals surface area contributed by atoms with E-state index in [2.05, 4.69) is 30.3 Å². The molecule has 6 nitrogen and oxygen atoms in total. The van der Waals surface area contributed by atoms with E-state index >= 15 is 0 Å². The first-order valence-electron chi connectivity index (χ1n) is 11.9. The zero-order chi connectivity index (χ0) is 24.2. The number of aromatic nitrogens is 1. The summed E-state index contributed by atoms with van der Waals surface area (Å²) in [5.74, 6) is 2.18. The van der Waals surface area contributed by atoms with E-state index in [1.807, 2.05) is 47.0 Å². The molecule has 3 heterocycles. The van der Waals surface area contributed by atoms with Crippen molar-refractivity contribution in [2.24, 2.45) is 4.99 Å². The van der Waals surface area contributed by atoms with E-state index in [9.17, 15) is 4.79 Å². The van der Waals surface area contributed by atoms with Gasteiger partial charge in [-0.1, -0.05) is 53.8 Å². The highest BCUT2D eigenvalue weighted by Crippen LogP contribution is 2.41. The zero-order valence-corrected chi connectivity index (χ0v) is 20.4. The van der Waals surface area contributed by atoms with Gasteiger partial charge in [-0.2, -0.15) is 0 Å². The smallest absolute Gasteiger partial charge is 0.271 e. The fourth-order valence-corrected chi connectivity index (χ4v) is 6.29. The Hall–Kier alpha value is -4.10. The lowest BCUT2D eigenvalue weighted by molar-refractivity contribution is 0.174. The maximum Gasteiger partial charge on any atom is 0.271 e. The van der Waals surface area contributed by atoms with Gasteiger partial charge < -0.3 is 14.2 Å². The third-order valence-corrected chi connectivity index (χ3v) is 7.96. The zero-order valence-electron chi connectivity index (χ0n) is 19.6. The number of aryl methyl sites for hydroxylation is 1. The van der Waals surface area contributed by atoms with Crippen LogP contribution in [0, 0.1) is 0 Å². The van der Waals surface area contributed by atoms with Crippen molar-refractivity contribution < 1.29 is 14.2 Å². The molecule has 36 heavy (non-hydrogen) atoms. The van der Waals surface area contributed by atoms with Crippen LogP contribution in [0.5, 0.6) is 17.2 Å². The van der Waals surface area contributed by atoms with Gasteiger partial charge in [-0.25, -0.2) is 4.99 Å². The fraction of sp³-hybridized carbons (Fsp3) is 0.172. The molecule has 7 heteroatoms. The second kappa shape index (κ2) is 8.24. The highest BCUT2D eigenvalue weighted by molar-refractivity contribution is 7.07. The monoisotopic (exact) mass is 494 g/mol. The first-order chi connectivity index (χ1) is 17.7. The molecule has 1 aliphatic carbocycles. The van der Waals surface area contributed by atoms with Crippen LogP contribution in [0.4, 0.5) is 0 Å². The molecule has 0 spiro atoms. The van der Waals surface area contributed by atoms with Crippen LogP contribution in [0.1, 0.15) is 34.7 Å². The van der Waals surface area contributed by atoms with E-state index in [-0.39, 0.29) is 18.4 Å². The lowest BCUT2D eigenvalue weighted by Crippen LogP contribution is -2.38. The minimum atomic E-state index is -0.237. The van der Waals surface area contributed by atoms with Crippen molar-refractivity contribution in [2.45, 2.75) is 18.9 Å². The van der Waals surface area contributed by atoms with E-state index in [0.717, 1.165) is 46.7 Å². The molecule has 2 aliphatic heterocycles. The molecule has 0 unspecified atom stereocenters. The van der Waals surface area contributed by atoms with E-state index in [1.165, 1.54) is 22.5 Å². The number of thiazole rings is 1. The Morgan fingerprint density at radius 2 is 1.92 bits per heavy atom. The molecule has 0 amide bonds. The van der Waals surface area contributed by atoms with Crippen LogP contribution in [-0.4, -0.2) is 18.5 Å². The van der Waals surface area contributed by atoms with Gasteiger partial charge in [0.25, 0.3) is 5.56 Å². The highest BCUT2D eigenvalue weighted by atomic mass is 32.1. The molecule has 7 rings (SSSR count). The van der Waals surface area contributed by atoms with Crippen LogP contribution in [-0.2, 0) is 6.42 Å². The number of allylic oxidation sites excluding steroid dienone is 1. The molecule has 1 aromatic heterocycles. The van der Waals surface area contributed by atoms with Crippen molar-refractivity contribution in [3.8, 4) is 17.2 Å². The van der Waals surface area contributed by atoms with Gasteiger partial charge in [0.05, 0.1) is 23.4 Å². The summed E-state index contributed by atoms with van der Waals surface area (Å²) < 4.78 is 19.0. The molecular weight excluding hydrogens is 472 g/mol. The van der Waals surface area contributed by atoms with E-state index < -0.39 is 0 Å². The van der Waals surface area contributed by atoms with Gasteiger partial charge in [-0.15, -0.1) is 0 Å². The first kappa shape index (κ1) is 21.2. The van der Waals surface area contributed by atoms with Crippen LogP contribution in [0.2, 0.25) is 0 Å². The molecule has 4 aromatic rings. The Balaban J connectivity index is 1.46. The molecule has 0 saturated carbocycles. The third kappa shape index (κ3) is 3.31. The van der Waals surface area contributed by atoms with Crippen molar-refractivity contribution in [1.29, 1.82) is 0 Å². The van der Waals surface area contributed by atoms with Crippen molar-refractivity contribution in [3.05, 3.63) is 114 Å². The summed E-state index contributed by atoms with van der Waals surface area (Å²) in [7, 11) is 1.66. The van der Waals surface area contributed by atoms with Crippen molar-refractivity contribution >= 4 is 23.1 Å². The second-order valence-corrected chi connectivity index (χ2v) is 10.0. The minimum Gasteiger partial charge on any atom is -0.497 e. The maximum atomic E-state index is 13.9. The molecule has 0 N–H and O–H groups in total. The summed E-state index contributed by atoms with van der Waals surface area (Å²) in [5.41, 5.74) is 6.46. The number of benzene rings is 3. The normalized spacial score (nSPS) is 17.8. The predicted octanol–water partition coefficient (Wildman–Crippen LogP) is 4.06. The summed E-state index contributed by atoms with van der Waals surface area (Å²) in [4.78, 5) is 19.7. The molecule has 0 saturated heterocycles. The first-order valence-corrected chi connectivity index (χ1v) is 12.7. The number of ether oxygens (including phenoxy) is 3. The van der Waals surface area contributed by atoms with Gasteiger partial charge in [0, 0.05) is 5.56 Å². The molecule has 1 atom stereocenters. The number of fused-ring (bicyclic) bond motifs is 4. The van der Waals surface area contributed by atoms with E-state index in [0.29, 0.717) is 15.1 Å². The highest BCUT2D eigenvalue weighted by Gasteiger charge is 2.32. The summed E-state index contributed by atoms with van der Waals surface area (Å²) in [6.45, 7) is 0.217. The Kier molecular flexibility index (Phi) is 4.85. The number of methoxy groups -OCH3 is 1. The Labute approximate surface area is 211 Å². The quantitative estimate of drug-likeness (QED) is 0.431. The van der Waals surface area contributed by atoms with E-state index in [1.54, 1.807) is 7.11 Å². The molecular formula is C29H22N2O4S. The fourth-order valence-electron chi connectivity index (χ4n) is 5.29. The van der Waals surface area contributed by atoms with E-state index in [4.69, 9.17) is 19.2 Å². The topological polar surface area (TPSA) is 62.0 Å². The predicted molar refractivity (Wildman–Crippen MR) is 138 cm³/mol. The van der Waals surface area contributed by atoms with Crippen LogP contribution in [0.3, 0.4) is 0 Å². The molecule has 3 aliphatic rings. The SMILES string of the molecule is COc1cccc([C@@H]2C3=C(N=c4s/c(=C/c5ccc6c(c5)OCO6)c(=O)n42)c2ccccc2CC3)c1. The average molecular weight is 495 g/mol. The van der Waals surface area contributed by atoms with Gasteiger partial charge in [0.15, 0.2) is 16.3 Å². The van der Waals surface area contributed by atoms with Crippen molar-refractivity contribution in [3.63, 3.8) is 0 Å². The standard InChI is InChI=1S/C29H22N2O4S/c1-33-20-7-4-6-19(15-20)27-22-11-10-18-5-2-3-8-21(18)26(22)30-29-31(27)28(32)25(36-29)14-17-9-12-23-24(13-17)35-16-34-23/h2-9,12-15,27H,10-11,16H2,1H3/b25-14+/t27-/m1/s1. The number of hydrogen-bond acceptors (Lipinski definition) is 6. The Bertz CT molecular complexity index is 1750. The Morgan fingerprint density at radius 3 is 2.83 bits per heavy atom. The molecule has 0 radical (unpaired) electrons. The van der Waals surface area contributed by atoms with Crippen LogP contribution < -0.4 is 29.1 Å². The van der Waals surface area contributed by atoms with Gasteiger partial charge in [-0.3, -0.25) is 9.36 Å². The number of rotatable bonds is 3. The average Bonchev–Trinajstić information content (AvgIpc) is 3.51. The molecule has 3 aromatic carbocycles. The van der Waals surface area contributed by atoms with Crippen LogP contribution in [0.25, 0.3) is 11.8 Å². The molecule has 0 bridgehead atoms. The van der Waals surface area contributed by atoms with Gasteiger partial charge in [0.1, 0.15) is 5.75 Å². The third-order valence-electron chi connectivity index (χ3n) is 6.98. The summed E-state index contributed by atoms with van der Waals surface area (Å²) >= 11 is 1.42. The largest absolute Gasteiger partial charge is 0.497 e. The van der Waals surface area contributed by atoms with Gasteiger partial charge in [0.2, 0.25) is 6.79 Å². The Morgan fingerprint density at radius 1 is 1.03 bits per heavy atom. The van der Waals surface area contributed by atoms with Crippen molar-refractivity contribution in [2.75, 3.05) is 13.9 Å².